The van der Waals surface area contributed by atoms with Crippen LogP contribution in [0, 0.1) is 11.3 Å². The zero-order chi connectivity index (χ0) is 14.8. The monoisotopic (exact) mass is 296 g/mol. The van der Waals surface area contributed by atoms with Crippen LogP contribution in [0.3, 0.4) is 0 Å². The maximum absolute atomic E-state index is 12.7. The minimum absolute atomic E-state index is 0.0461. The summed E-state index contributed by atoms with van der Waals surface area (Å²) in [6.45, 7) is 0. The van der Waals surface area contributed by atoms with E-state index in [2.05, 4.69) is 6.07 Å². The summed E-state index contributed by atoms with van der Waals surface area (Å²) in [7, 11) is 0. The van der Waals surface area contributed by atoms with E-state index in [9.17, 15) is 10.1 Å². The van der Waals surface area contributed by atoms with Crippen LogP contribution in [-0.2, 0) is 0 Å². The van der Waals surface area contributed by atoms with Crippen molar-refractivity contribution in [3.63, 3.8) is 0 Å². The van der Waals surface area contributed by atoms with E-state index in [4.69, 9.17) is 10.2 Å². The van der Waals surface area contributed by atoms with Crippen molar-refractivity contribution in [1.82, 2.24) is 0 Å². The van der Waals surface area contributed by atoms with Crippen LogP contribution in [0.15, 0.2) is 63.7 Å². The standard InChI is InChI=1S/C16H12N2O2S/c17-9-11-13(12-7-4-8-20-12)15(21-16(11)18)14(19)10-5-2-1-3-6-10/h1-8,13,15H,18H2/t13-,15+/m0/s1. The maximum Gasteiger partial charge on any atom is 0.177 e. The average Bonchev–Trinajstić information content (AvgIpc) is 3.14. The zero-order valence-electron chi connectivity index (χ0n) is 11.0. The molecule has 0 aliphatic carbocycles. The molecule has 0 spiro atoms. The van der Waals surface area contributed by atoms with E-state index in [1.165, 1.54) is 18.0 Å². The molecule has 0 amide bonds. The highest BCUT2D eigenvalue weighted by Crippen LogP contribution is 2.46. The van der Waals surface area contributed by atoms with E-state index in [0.717, 1.165) is 0 Å². The molecule has 21 heavy (non-hydrogen) atoms. The summed E-state index contributed by atoms with van der Waals surface area (Å²) in [5.74, 6) is 0.117. The Kier molecular flexibility index (Phi) is 3.55. The Labute approximate surface area is 126 Å². The van der Waals surface area contributed by atoms with Crippen molar-refractivity contribution in [1.29, 1.82) is 5.26 Å². The van der Waals surface area contributed by atoms with Crippen LogP contribution in [0.4, 0.5) is 0 Å². The number of Topliss-reactive ketones (excluding diaryl/α,β-unsaturated/α-hetero) is 1. The third-order valence-corrected chi connectivity index (χ3v) is 4.63. The van der Waals surface area contributed by atoms with Gasteiger partial charge >= 0.3 is 0 Å². The highest BCUT2D eigenvalue weighted by Gasteiger charge is 2.42. The molecule has 0 fully saturated rings. The number of thioether (sulfide) groups is 1. The van der Waals surface area contributed by atoms with Gasteiger partial charge < -0.3 is 10.2 Å². The van der Waals surface area contributed by atoms with Crippen LogP contribution in [-0.4, -0.2) is 11.0 Å². The van der Waals surface area contributed by atoms with Gasteiger partial charge in [-0.05, 0) is 12.1 Å². The number of hydrogen-bond acceptors (Lipinski definition) is 5. The Morgan fingerprint density at radius 1 is 1.24 bits per heavy atom. The lowest BCUT2D eigenvalue weighted by Crippen LogP contribution is -2.23. The van der Waals surface area contributed by atoms with E-state index in [-0.39, 0.29) is 5.78 Å². The summed E-state index contributed by atoms with van der Waals surface area (Å²) >= 11 is 1.23. The molecule has 1 aliphatic heterocycles. The number of furan rings is 1. The number of nitriles is 1. The molecule has 5 heteroatoms. The van der Waals surface area contributed by atoms with Crippen LogP contribution >= 0.6 is 11.8 Å². The van der Waals surface area contributed by atoms with Crippen molar-refractivity contribution in [2.75, 3.05) is 0 Å². The Bertz CT molecular complexity index is 729. The first-order valence-electron chi connectivity index (χ1n) is 6.41. The normalized spacial score (nSPS) is 21.3. The molecule has 0 unspecified atom stereocenters. The van der Waals surface area contributed by atoms with Crippen molar-refractivity contribution >= 4 is 17.5 Å². The number of carbonyl (C=O) groups excluding carboxylic acids is 1. The fraction of sp³-hybridized carbons (Fsp3) is 0.125. The highest BCUT2D eigenvalue weighted by molar-refractivity contribution is 8.04. The second kappa shape index (κ2) is 5.51. The molecular formula is C16H12N2O2S. The van der Waals surface area contributed by atoms with E-state index in [1.807, 2.05) is 18.2 Å². The van der Waals surface area contributed by atoms with Crippen molar-refractivity contribution in [2.24, 2.45) is 5.73 Å². The zero-order valence-corrected chi connectivity index (χ0v) is 11.8. The van der Waals surface area contributed by atoms with Gasteiger partial charge in [-0.3, -0.25) is 4.79 Å². The Hall–Kier alpha value is -2.45. The Morgan fingerprint density at radius 2 is 2.00 bits per heavy atom. The van der Waals surface area contributed by atoms with Crippen molar-refractivity contribution in [2.45, 2.75) is 11.2 Å². The topological polar surface area (TPSA) is 80.0 Å². The molecule has 0 radical (unpaired) electrons. The van der Waals surface area contributed by atoms with Crippen LogP contribution in [0.25, 0.3) is 0 Å². The second-order valence-electron chi connectivity index (χ2n) is 4.65. The number of ketones is 1. The number of nitrogens with zero attached hydrogens (tertiary/aromatic N) is 1. The van der Waals surface area contributed by atoms with E-state index >= 15 is 0 Å². The molecular weight excluding hydrogens is 284 g/mol. The fourth-order valence-corrected chi connectivity index (χ4v) is 3.65. The number of benzene rings is 1. The molecule has 2 heterocycles. The molecule has 3 rings (SSSR count). The van der Waals surface area contributed by atoms with Gasteiger partial charge in [-0.2, -0.15) is 5.26 Å². The van der Waals surface area contributed by atoms with Gasteiger partial charge in [0, 0.05) is 5.56 Å². The van der Waals surface area contributed by atoms with Crippen molar-refractivity contribution in [3.8, 4) is 6.07 Å². The van der Waals surface area contributed by atoms with Gasteiger partial charge in [0.2, 0.25) is 0 Å². The summed E-state index contributed by atoms with van der Waals surface area (Å²) in [5, 5.41) is 9.25. The van der Waals surface area contributed by atoms with Gasteiger partial charge in [0.25, 0.3) is 0 Å². The molecule has 2 aromatic rings. The number of allylic oxidation sites excluding steroid dienone is 1. The van der Waals surface area contributed by atoms with Crippen LogP contribution < -0.4 is 5.73 Å². The number of hydrogen-bond donors (Lipinski definition) is 1. The highest BCUT2D eigenvalue weighted by atomic mass is 32.2. The maximum atomic E-state index is 12.7. The summed E-state index contributed by atoms with van der Waals surface area (Å²) in [4.78, 5) is 12.7. The van der Waals surface area contributed by atoms with Crippen LogP contribution in [0.1, 0.15) is 22.0 Å². The predicted octanol–water partition coefficient (Wildman–Crippen LogP) is 3.06. The largest absolute Gasteiger partial charge is 0.469 e. The molecule has 1 aromatic heterocycles. The average molecular weight is 296 g/mol. The van der Waals surface area contributed by atoms with Crippen molar-refractivity contribution in [3.05, 3.63) is 70.7 Å². The molecule has 1 aromatic carbocycles. The SMILES string of the molecule is N#CC1=C(N)S[C@@H](C(=O)c2ccccc2)[C@@H]1c1ccco1. The lowest BCUT2D eigenvalue weighted by atomic mass is 9.90. The molecule has 1 aliphatic rings. The van der Waals surface area contributed by atoms with Gasteiger partial charge in [0.1, 0.15) is 5.76 Å². The first kappa shape index (κ1) is 13.5. The quantitative estimate of drug-likeness (QED) is 0.880. The van der Waals surface area contributed by atoms with E-state index < -0.39 is 11.2 Å². The van der Waals surface area contributed by atoms with Crippen molar-refractivity contribution < 1.29 is 9.21 Å². The van der Waals surface area contributed by atoms with Gasteiger partial charge in [-0.15, -0.1) is 0 Å². The Morgan fingerprint density at radius 3 is 2.62 bits per heavy atom. The first-order valence-corrected chi connectivity index (χ1v) is 7.29. The van der Waals surface area contributed by atoms with Gasteiger partial charge in [-0.25, -0.2) is 0 Å². The van der Waals surface area contributed by atoms with E-state index in [0.29, 0.717) is 21.9 Å². The predicted molar refractivity (Wildman–Crippen MR) is 80.4 cm³/mol. The summed E-state index contributed by atoms with van der Waals surface area (Å²) in [6, 6.07) is 14.6. The molecule has 2 N–H and O–H groups in total. The molecule has 0 bridgehead atoms. The number of nitrogens with two attached hydrogens (primary N) is 1. The third kappa shape index (κ3) is 2.34. The molecule has 4 nitrogen and oxygen atoms in total. The smallest absolute Gasteiger partial charge is 0.177 e. The van der Waals surface area contributed by atoms with Crippen LogP contribution in [0.2, 0.25) is 0 Å². The van der Waals surface area contributed by atoms with Crippen LogP contribution in [0.5, 0.6) is 0 Å². The van der Waals surface area contributed by atoms with Gasteiger partial charge in [0.15, 0.2) is 5.78 Å². The van der Waals surface area contributed by atoms with Gasteiger partial charge in [0.05, 0.1) is 34.1 Å². The minimum atomic E-state index is -0.465. The first-order chi connectivity index (χ1) is 10.2. The molecule has 0 saturated heterocycles. The fourth-order valence-electron chi connectivity index (χ4n) is 2.43. The molecule has 0 saturated carbocycles. The lowest BCUT2D eigenvalue weighted by molar-refractivity contribution is 0.0983. The number of rotatable bonds is 3. The third-order valence-electron chi connectivity index (χ3n) is 3.42. The Balaban J connectivity index is 2.00. The summed E-state index contributed by atoms with van der Waals surface area (Å²) in [5.41, 5.74) is 6.93. The summed E-state index contributed by atoms with van der Waals surface area (Å²) in [6.07, 6.45) is 1.54. The van der Waals surface area contributed by atoms with E-state index in [1.54, 1.807) is 24.3 Å². The second-order valence-corrected chi connectivity index (χ2v) is 5.83. The lowest BCUT2D eigenvalue weighted by Gasteiger charge is -2.16. The molecule has 104 valence electrons. The number of carbonyl (C=O) groups is 1. The van der Waals surface area contributed by atoms with Gasteiger partial charge in [-0.1, -0.05) is 42.1 Å². The minimum Gasteiger partial charge on any atom is -0.469 e. The summed E-state index contributed by atoms with van der Waals surface area (Å²) < 4.78 is 5.41. The molecule has 2 atom stereocenters.